The van der Waals surface area contributed by atoms with Crippen LogP contribution in [0.5, 0.6) is 0 Å². The van der Waals surface area contributed by atoms with Crippen LogP contribution in [0.1, 0.15) is 6.92 Å². The summed E-state index contributed by atoms with van der Waals surface area (Å²) in [6, 6.07) is 5.99. The molecule has 0 aliphatic rings. The molecule has 1 atom stereocenters. The van der Waals surface area contributed by atoms with Crippen LogP contribution in [0.4, 0.5) is 0 Å². The van der Waals surface area contributed by atoms with Gasteiger partial charge in [-0.25, -0.2) is 13.1 Å². The third-order valence-electron chi connectivity index (χ3n) is 2.58. The molecule has 0 aliphatic carbocycles. The molecule has 108 valence electrons. The topological polar surface area (TPSA) is 64.0 Å². The third kappa shape index (κ3) is 3.82. The van der Waals surface area contributed by atoms with E-state index in [2.05, 4.69) is 25.8 Å². The van der Waals surface area contributed by atoms with E-state index in [0.29, 0.717) is 16.0 Å². The Bertz CT molecular complexity index is 689. The smallest absolute Gasteiger partial charge is 0.240 e. The summed E-state index contributed by atoms with van der Waals surface area (Å²) in [5.74, 6) is 0. The van der Waals surface area contributed by atoms with Crippen molar-refractivity contribution in [3.8, 4) is 0 Å². The van der Waals surface area contributed by atoms with Crippen molar-refractivity contribution in [2.75, 3.05) is 0 Å². The SMILES string of the molecule is CC(Cn1cccn1)NS(=O)(=O)c1ccc(Cl)c(Br)c1. The molecular weight excluding hydrogens is 366 g/mol. The van der Waals surface area contributed by atoms with E-state index in [1.807, 2.05) is 0 Å². The monoisotopic (exact) mass is 377 g/mol. The molecule has 0 radical (unpaired) electrons. The van der Waals surface area contributed by atoms with Gasteiger partial charge in [0.25, 0.3) is 0 Å². The Hall–Kier alpha value is -0.890. The molecule has 0 fully saturated rings. The quantitative estimate of drug-likeness (QED) is 0.870. The number of halogens is 2. The minimum Gasteiger partial charge on any atom is -0.271 e. The first kappa shape index (κ1) is 15.5. The molecule has 2 aromatic rings. The fraction of sp³-hybridized carbons (Fsp3) is 0.250. The van der Waals surface area contributed by atoms with Crippen LogP contribution in [-0.2, 0) is 16.6 Å². The van der Waals surface area contributed by atoms with Gasteiger partial charge >= 0.3 is 0 Å². The van der Waals surface area contributed by atoms with Gasteiger partial charge in [0.15, 0.2) is 0 Å². The number of hydrogen-bond acceptors (Lipinski definition) is 3. The van der Waals surface area contributed by atoms with Crippen molar-refractivity contribution in [2.24, 2.45) is 0 Å². The Morgan fingerprint density at radius 1 is 1.50 bits per heavy atom. The van der Waals surface area contributed by atoms with Gasteiger partial charge in [-0.05, 0) is 47.1 Å². The lowest BCUT2D eigenvalue weighted by Crippen LogP contribution is -2.35. The van der Waals surface area contributed by atoms with Gasteiger partial charge in [0.2, 0.25) is 10.0 Å². The van der Waals surface area contributed by atoms with Crippen LogP contribution >= 0.6 is 27.5 Å². The molecule has 20 heavy (non-hydrogen) atoms. The molecule has 0 bridgehead atoms. The second kappa shape index (κ2) is 6.26. The molecule has 2 rings (SSSR count). The first-order valence-corrected chi connectivity index (χ1v) is 8.49. The normalized spacial score (nSPS) is 13.3. The first-order valence-electron chi connectivity index (χ1n) is 5.83. The maximum atomic E-state index is 12.2. The molecule has 1 aromatic heterocycles. The summed E-state index contributed by atoms with van der Waals surface area (Å²) in [5, 5.41) is 4.51. The zero-order valence-corrected chi connectivity index (χ0v) is 13.8. The van der Waals surface area contributed by atoms with Gasteiger partial charge in [0, 0.05) is 22.9 Å². The second-order valence-electron chi connectivity index (χ2n) is 4.33. The number of rotatable bonds is 5. The predicted molar refractivity (Wildman–Crippen MR) is 81.2 cm³/mol. The first-order chi connectivity index (χ1) is 9.38. The summed E-state index contributed by atoms with van der Waals surface area (Å²) in [4.78, 5) is 0.168. The summed E-state index contributed by atoms with van der Waals surface area (Å²) in [6.07, 6.45) is 3.43. The van der Waals surface area contributed by atoms with Crippen molar-refractivity contribution in [3.05, 3.63) is 46.2 Å². The molecule has 1 aromatic carbocycles. The van der Waals surface area contributed by atoms with E-state index in [4.69, 9.17) is 11.6 Å². The van der Waals surface area contributed by atoms with Crippen molar-refractivity contribution in [2.45, 2.75) is 24.4 Å². The molecule has 1 unspecified atom stereocenters. The van der Waals surface area contributed by atoms with Crippen molar-refractivity contribution in [1.29, 1.82) is 0 Å². The van der Waals surface area contributed by atoms with Crippen LogP contribution in [0.25, 0.3) is 0 Å². The van der Waals surface area contributed by atoms with Gasteiger partial charge in [-0.1, -0.05) is 11.6 Å². The summed E-state index contributed by atoms with van der Waals surface area (Å²) in [6.45, 7) is 2.24. The number of nitrogens with zero attached hydrogens (tertiary/aromatic N) is 2. The standard InChI is InChI=1S/C12H13BrClN3O2S/c1-9(8-17-6-2-5-15-17)16-20(18,19)10-3-4-12(14)11(13)7-10/h2-7,9,16H,8H2,1H3. The molecule has 1 heterocycles. The Balaban J connectivity index is 2.12. The highest BCUT2D eigenvalue weighted by molar-refractivity contribution is 9.10. The lowest BCUT2D eigenvalue weighted by molar-refractivity contribution is 0.494. The zero-order chi connectivity index (χ0) is 14.8. The van der Waals surface area contributed by atoms with E-state index in [9.17, 15) is 8.42 Å². The van der Waals surface area contributed by atoms with Gasteiger partial charge < -0.3 is 0 Å². The van der Waals surface area contributed by atoms with Gasteiger partial charge in [-0.2, -0.15) is 5.10 Å². The zero-order valence-electron chi connectivity index (χ0n) is 10.6. The summed E-state index contributed by atoms with van der Waals surface area (Å²) >= 11 is 9.07. The average Bonchev–Trinajstić information content (AvgIpc) is 2.84. The van der Waals surface area contributed by atoms with Crippen LogP contribution in [0.3, 0.4) is 0 Å². The number of benzene rings is 1. The van der Waals surface area contributed by atoms with Gasteiger partial charge in [0.05, 0.1) is 16.5 Å². The van der Waals surface area contributed by atoms with Crippen molar-refractivity contribution in [3.63, 3.8) is 0 Å². The third-order valence-corrected chi connectivity index (χ3v) is 5.38. The molecule has 5 nitrogen and oxygen atoms in total. The predicted octanol–water partition coefficient (Wildman–Crippen LogP) is 2.67. The average molecular weight is 379 g/mol. The lowest BCUT2D eigenvalue weighted by Gasteiger charge is -2.14. The Kier molecular flexibility index (Phi) is 4.85. The summed E-state index contributed by atoms with van der Waals surface area (Å²) in [7, 11) is -3.58. The van der Waals surface area contributed by atoms with Crippen LogP contribution in [0, 0.1) is 0 Å². The van der Waals surface area contributed by atoms with Crippen LogP contribution in [-0.4, -0.2) is 24.2 Å². The lowest BCUT2D eigenvalue weighted by atomic mass is 10.4. The highest BCUT2D eigenvalue weighted by atomic mass is 79.9. The second-order valence-corrected chi connectivity index (χ2v) is 7.30. The van der Waals surface area contributed by atoms with Crippen molar-refractivity contribution < 1.29 is 8.42 Å². The van der Waals surface area contributed by atoms with Crippen LogP contribution in [0.2, 0.25) is 5.02 Å². The van der Waals surface area contributed by atoms with Crippen LogP contribution in [0.15, 0.2) is 46.0 Å². The van der Waals surface area contributed by atoms with E-state index >= 15 is 0 Å². The van der Waals surface area contributed by atoms with E-state index < -0.39 is 10.0 Å². The number of nitrogens with one attached hydrogen (secondary N) is 1. The maximum absolute atomic E-state index is 12.2. The van der Waals surface area contributed by atoms with E-state index in [1.165, 1.54) is 12.1 Å². The molecule has 1 N–H and O–H groups in total. The molecule has 0 saturated carbocycles. The Morgan fingerprint density at radius 2 is 2.25 bits per heavy atom. The fourth-order valence-electron chi connectivity index (χ4n) is 1.70. The highest BCUT2D eigenvalue weighted by Gasteiger charge is 2.18. The number of sulfonamides is 1. The highest BCUT2D eigenvalue weighted by Crippen LogP contribution is 2.25. The fourth-order valence-corrected chi connectivity index (χ4v) is 3.61. The van der Waals surface area contributed by atoms with E-state index in [0.717, 1.165) is 0 Å². The maximum Gasteiger partial charge on any atom is 0.240 e. The minimum absolute atomic E-state index is 0.168. The van der Waals surface area contributed by atoms with E-state index in [-0.39, 0.29) is 10.9 Å². The van der Waals surface area contributed by atoms with Gasteiger partial charge in [-0.15, -0.1) is 0 Å². The minimum atomic E-state index is -3.58. The van der Waals surface area contributed by atoms with Gasteiger partial charge in [0.1, 0.15) is 0 Å². The summed E-state index contributed by atoms with van der Waals surface area (Å²) in [5.41, 5.74) is 0. The molecule has 0 spiro atoms. The van der Waals surface area contributed by atoms with E-state index in [1.54, 1.807) is 36.1 Å². The summed E-state index contributed by atoms with van der Waals surface area (Å²) < 4.78 is 29.3. The van der Waals surface area contributed by atoms with Crippen molar-refractivity contribution >= 4 is 37.6 Å². The molecule has 0 amide bonds. The Morgan fingerprint density at radius 3 is 2.85 bits per heavy atom. The Labute approximate surface area is 131 Å². The molecular formula is C12H13BrClN3O2S. The van der Waals surface area contributed by atoms with Crippen molar-refractivity contribution in [1.82, 2.24) is 14.5 Å². The molecule has 0 aliphatic heterocycles. The number of hydrogen-bond donors (Lipinski definition) is 1. The number of aromatic nitrogens is 2. The molecule has 8 heteroatoms. The van der Waals surface area contributed by atoms with Crippen LogP contribution < -0.4 is 4.72 Å². The largest absolute Gasteiger partial charge is 0.271 e. The van der Waals surface area contributed by atoms with Gasteiger partial charge in [-0.3, -0.25) is 4.68 Å². The molecule has 0 saturated heterocycles.